The number of fused-ring (bicyclic) bond motifs is 5. The lowest BCUT2D eigenvalue weighted by molar-refractivity contribution is -0.384. The highest BCUT2D eigenvalue weighted by atomic mass is 79.9. The second-order valence-corrected chi connectivity index (χ2v) is 28.4. The molecule has 0 saturated heterocycles. The van der Waals surface area contributed by atoms with Gasteiger partial charge in [0.15, 0.2) is 0 Å². The van der Waals surface area contributed by atoms with Gasteiger partial charge in [-0.05, 0) is 99.7 Å². The van der Waals surface area contributed by atoms with Crippen molar-refractivity contribution in [3.63, 3.8) is 0 Å². The van der Waals surface area contributed by atoms with Crippen LogP contribution in [0.2, 0.25) is 0 Å². The number of nitrogens with one attached hydrogen (secondary N) is 5. The summed E-state index contributed by atoms with van der Waals surface area (Å²) in [6, 6.07) is 30.2. The molecule has 0 fully saturated rings. The van der Waals surface area contributed by atoms with E-state index in [1.165, 1.54) is 34.5 Å². The van der Waals surface area contributed by atoms with Crippen LogP contribution in [0.4, 0.5) is 28.4 Å². The molecule has 16 nitrogen and oxygen atoms in total. The molecule has 0 amide bonds. The number of hydrogen-bond acceptors (Lipinski definition) is 8. The van der Waals surface area contributed by atoms with Crippen molar-refractivity contribution in [1.29, 1.82) is 0 Å². The number of nitro groups is 3. The Kier molecular flexibility index (Phi) is 20.9. The summed E-state index contributed by atoms with van der Waals surface area (Å²) in [4.78, 5) is 46.3. The van der Waals surface area contributed by atoms with Gasteiger partial charge >= 0.3 is 0 Å². The monoisotopic (exact) mass is 1190 g/mol. The molecule has 9 N–H and O–H groups in total. The lowest BCUT2D eigenvalue weighted by Gasteiger charge is -2.17. The lowest BCUT2D eigenvalue weighted by Crippen LogP contribution is -2.09. The van der Waals surface area contributed by atoms with Gasteiger partial charge in [0, 0.05) is 142 Å². The summed E-state index contributed by atoms with van der Waals surface area (Å²) in [6.45, 7) is 31.8. The van der Waals surface area contributed by atoms with E-state index >= 15 is 0 Å². The molecule has 5 aromatic carbocycles. The number of non-ortho nitro benzene ring substituents is 3. The predicted octanol–water partition coefficient (Wildman–Crippen LogP) is 18.0. The molecule has 0 aliphatic carbocycles. The molecule has 0 atom stereocenters. The van der Waals surface area contributed by atoms with Gasteiger partial charge in [-0.1, -0.05) is 136 Å². The van der Waals surface area contributed by atoms with E-state index in [9.17, 15) is 30.3 Å². The van der Waals surface area contributed by atoms with E-state index in [1.54, 1.807) is 42.6 Å². The molecule has 10 rings (SSSR count). The highest BCUT2D eigenvalue weighted by Gasteiger charge is 2.22. The lowest BCUT2D eigenvalue weighted by atomic mass is 9.87. The highest BCUT2D eigenvalue weighted by Crippen LogP contribution is 2.34. The fourth-order valence-electron chi connectivity index (χ4n) is 7.67. The molecule has 0 radical (unpaired) electrons. The summed E-state index contributed by atoms with van der Waals surface area (Å²) in [5.74, 6) is 0. The van der Waals surface area contributed by atoms with Crippen LogP contribution in [0.15, 0.2) is 134 Å². The second-order valence-electron chi connectivity index (χ2n) is 23.6. The van der Waals surface area contributed by atoms with Crippen molar-refractivity contribution in [2.24, 2.45) is 0 Å². The largest absolute Gasteiger partial charge is 0.399 e. The number of halogens is 2. The van der Waals surface area contributed by atoms with Crippen molar-refractivity contribution < 1.29 is 14.8 Å². The number of H-pyrrole nitrogens is 5. The topological polar surface area (TPSA) is 260 Å². The molecule has 0 spiro atoms. The summed E-state index contributed by atoms with van der Waals surface area (Å²) >= 11 is 6.75. The quantitative estimate of drug-likeness (QED) is 0.0386. The van der Waals surface area contributed by atoms with Crippen molar-refractivity contribution >= 4 is 115 Å². The average Bonchev–Trinajstić information content (AvgIpc) is 4.17. The first-order valence-electron chi connectivity index (χ1n) is 25.2. The van der Waals surface area contributed by atoms with Gasteiger partial charge in [0.05, 0.1) is 14.8 Å². The van der Waals surface area contributed by atoms with E-state index in [1.807, 2.05) is 67.1 Å². The van der Waals surface area contributed by atoms with Crippen LogP contribution in [0, 0.1) is 30.3 Å². The number of hydrogen-bond donors (Lipinski definition) is 7. The van der Waals surface area contributed by atoms with Crippen LogP contribution < -0.4 is 11.5 Å². The van der Waals surface area contributed by atoms with E-state index in [4.69, 9.17) is 11.5 Å². The Labute approximate surface area is 473 Å². The summed E-state index contributed by atoms with van der Waals surface area (Å²) in [5.41, 5.74) is 22.1. The van der Waals surface area contributed by atoms with Crippen molar-refractivity contribution in [2.45, 2.75) is 129 Å². The molecule has 78 heavy (non-hydrogen) atoms. The van der Waals surface area contributed by atoms with Crippen molar-refractivity contribution in [3.8, 4) is 0 Å². The first-order chi connectivity index (χ1) is 35.9. The van der Waals surface area contributed by atoms with Crippen molar-refractivity contribution in [3.05, 3.63) is 181 Å². The zero-order chi connectivity index (χ0) is 58.7. The number of aromatic amines is 5. The summed E-state index contributed by atoms with van der Waals surface area (Å²) in [7, 11) is 0. The highest BCUT2D eigenvalue weighted by molar-refractivity contribution is 9.10. The van der Waals surface area contributed by atoms with Gasteiger partial charge in [-0.15, -0.1) is 0 Å². The number of nitrogen functional groups attached to an aromatic ring is 2. The zero-order valence-corrected chi connectivity index (χ0v) is 50.6. The minimum atomic E-state index is -0.396. The molecule has 5 heterocycles. The Bertz CT molecular complexity index is 3480. The molecule has 0 saturated carbocycles. The van der Waals surface area contributed by atoms with Crippen LogP contribution in [0.5, 0.6) is 0 Å². The maximum atomic E-state index is 10.7. The third-order valence-electron chi connectivity index (χ3n) is 11.2. The zero-order valence-electron chi connectivity index (χ0n) is 47.4. The fraction of sp³-hybridized carbons (Fsp3) is 0.333. The Balaban J connectivity index is 0.000000203. The van der Waals surface area contributed by atoms with Crippen LogP contribution in [0.25, 0.3) is 54.5 Å². The molecule has 0 unspecified atom stereocenters. The fourth-order valence-corrected chi connectivity index (χ4v) is 7.67. The van der Waals surface area contributed by atoms with Crippen molar-refractivity contribution in [2.75, 3.05) is 11.5 Å². The maximum Gasteiger partial charge on any atom is 0.270 e. The second kappa shape index (κ2) is 25.8. The SMILES string of the molecule is CC(C)(C)Br.CC(C)(C)Br.CC(C)(C)c1c[nH]c2ccc(N)cc12.CC(C)(C)c1c[nH]c2ccc([N+](=O)[O-])cc12.CC(C)(C)c1c[nH]c2ccc([N+](=O)[O-])cc12.Nc1ccc2[nH]ccc2c1.O=[N+]([O-])c1ccc2[nH]ccc2c1. The number of nitro benzene ring substituents is 3. The van der Waals surface area contributed by atoms with Gasteiger partial charge in [0.1, 0.15) is 0 Å². The molecular weight excluding hydrogens is 1120 g/mol. The van der Waals surface area contributed by atoms with E-state index in [2.05, 4.69) is 167 Å². The molecule has 416 valence electrons. The van der Waals surface area contributed by atoms with Crippen molar-refractivity contribution in [1.82, 2.24) is 24.9 Å². The van der Waals surface area contributed by atoms with Gasteiger partial charge in [-0.3, -0.25) is 30.3 Å². The number of rotatable bonds is 3. The molecule has 0 bridgehead atoms. The van der Waals surface area contributed by atoms with E-state index in [0.29, 0.717) is 8.65 Å². The molecule has 5 aromatic heterocycles. The molecule has 10 aromatic rings. The van der Waals surface area contributed by atoms with Crippen LogP contribution in [-0.4, -0.2) is 48.3 Å². The van der Waals surface area contributed by atoms with Gasteiger partial charge in [0.2, 0.25) is 0 Å². The van der Waals surface area contributed by atoms with Gasteiger partial charge < -0.3 is 36.4 Å². The minimum Gasteiger partial charge on any atom is -0.399 e. The van der Waals surface area contributed by atoms with Crippen LogP contribution in [0.1, 0.15) is 121 Å². The first kappa shape index (κ1) is 63.1. The van der Waals surface area contributed by atoms with E-state index in [-0.39, 0.29) is 43.2 Å². The number of anilines is 2. The first-order valence-corrected chi connectivity index (χ1v) is 26.8. The van der Waals surface area contributed by atoms with Gasteiger partial charge in [0.25, 0.3) is 17.1 Å². The standard InChI is InChI=1S/2C12H14N2O2.C12H16N2.C8H6N2O2.C8H8N2.2C4H9Br/c2*1-12(2,3)10-7-13-11-5-4-8(14(15)16)6-9(10)11;1-12(2,3)10-7-14-11-5-4-8(13)6-9(10)11;11-10(12)7-1-2-8-6(5-7)3-4-9-8;9-7-1-2-8-6(5-7)3-4-10-8;2*1-4(2,3)5/h2*4-7,13H,1-3H3;4-7,14H,13H2,1-3H3;1-5,9H;1-5,10H,9H2;2*1-3H3. The van der Waals surface area contributed by atoms with E-state index in [0.717, 1.165) is 66.2 Å². The molecule has 0 aliphatic rings. The van der Waals surface area contributed by atoms with Crippen LogP contribution >= 0.6 is 31.9 Å². The van der Waals surface area contributed by atoms with Crippen LogP contribution in [0.3, 0.4) is 0 Å². The molecule has 18 heteroatoms. The van der Waals surface area contributed by atoms with Gasteiger partial charge in [-0.25, -0.2) is 0 Å². The summed E-state index contributed by atoms with van der Waals surface area (Å²) < 4.78 is 0.625. The Hall–Kier alpha value is -7.44. The van der Waals surface area contributed by atoms with Gasteiger partial charge in [-0.2, -0.15) is 0 Å². The summed E-state index contributed by atoms with van der Waals surface area (Å²) in [6.07, 6.45) is 9.59. The third-order valence-corrected chi connectivity index (χ3v) is 11.2. The predicted molar refractivity (Wildman–Crippen MR) is 334 cm³/mol. The number of alkyl halides is 2. The number of benzene rings is 5. The third kappa shape index (κ3) is 19.5. The minimum absolute atomic E-state index is 0.0204. The summed E-state index contributed by atoms with van der Waals surface area (Å²) in [5, 5.41) is 36.9. The Morgan fingerprint density at radius 2 is 0.641 bits per heavy atom. The number of nitrogens with two attached hydrogens (primary N) is 2. The molecular formula is C60H76Br2N10O6. The number of aromatic nitrogens is 5. The smallest absolute Gasteiger partial charge is 0.270 e. The number of nitrogens with zero attached hydrogens (tertiary/aromatic N) is 3. The Morgan fingerprint density at radius 3 is 0.974 bits per heavy atom. The average molecular weight is 1190 g/mol. The maximum absolute atomic E-state index is 10.7. The molecule has 0 aliphatic heterocycles. The van der Waals surface area contributed by atoms with Crippen LogP contribution in [-0.2, 0) is 16.2 Å². The Morgan fingerprint density at radius 1 is 0.372 bits per heavy atom. The normalized spacial score (nSPS) is 11.6. The van der Waals surface area contributed by atoms with E-state index < -0.39 is 4.92 Å².